The van der Waals surface area contributed by atoms with Crippen molar-refractivity contribution in [3.05, 3.63) is 107 Å². The Bertz CT molecular complexity index is 1300. The SMILES string of the molecule is O/N=C(\c1cc(F)cc(F)c1)c1cccc2nc(N[C@@H]3CCc4ccccc43)ccc12. The molecule has 0 fully saturated rings. The van der Waals surface area contributed by atoms with Crippen molar-refractivity contribution in [2.24, 2.45) is 5.16 Å². The van der Waals surface area contributed by atoms with E-state index >= 15 is 0 Å². The van der Waals surface area contributed by atoms with Crippen LogP contribution < -0.4 is 5.32 Å². The highest BCUT2D eigenvalue weighted by Crippen LogP contribution is 2.33. The summed E-state index contributed by atoms with van der Waals surface area (Å²) in [5.74, 6) is -0.735. The largest absolute Gasteiger partial charge is 0.410 e. The molecule has 0 radical (unpaired) electrons. The van der Waals surface area contributed by atoms with E-state index in [4.69, 9.17) is 4.98 Å². The molecule has 0 amide bonds. The summed E-state index contributed by atoms with van der Waals surface area (Å²) in [6.07, 6.45) is 2.04. The molecule has 1 aromatic heterocycles. The molecule has 154 valence electrons. The van der Waals surface area contributed by atoms with Crippen molar-refractivity contribution in [2.45, 2.75) is 18.9 Å². The Kier molecular flexibility index (Phi) is 4.82. The summed E-state index contributed by atoms with van der Waals surface area (Å²) in [5.41, 5.74) is 4.10. The van der Waals surface area contributed by atoms with Gasteiger partial charge < -0.3 is 10.5 Å². The average molecular weight is 415 g/mol. The molecule has 0 unspecified atom stereocenters. The van der Waals surface area contributed by atoms with Gasteiger partial charge >= 0.3 is 0 Å². The molecule has 0 saturated carbocycles. The van der Waals surface area contributed by atoms with Crippen LogP contribution in [0.15, 0.2) is 78.0 Å². The fraction of sp³-hybridized carbons (Fsp3) is 0.120. The first-order valence-corrected chi connectivity index (χ1v) is 10.1. The zero-order chi connectivity index (χ0) is 21.4. The molecule has 4 nitrogen and oxygen atoms in total. The molecular formula is C25H19F2N3O. The Morgan fingerprint density at radius 1 is 0.968 bits per heavy atom. The van der Waals surface area contributed by atoms with Gasteiger partial charge in [-0.2, -0.15) is 0 Å². The molecular weight excluding hydrogens is 396 g/mol. The lowest BCUT2D eigenvalue weighted by molar-refractivity contribution is 0.319. The van der Waals surface area contributed by atoms with E-state index in [1.807, 2.05) is 24.3 Å². The van der Waals surface area contributed by atoms with Crippen molar-refractivity contribution < 1.29 is 14.0 Å². The molecule has 2 N–H and O–H groups in total. The zero-order valence-electron chi connectivity index (χ0n) is 16.5. The second-order valence-electron chi connectivity index (χ2n) is 7.61. The molecule has 31 heavy (non-hydrogen) atoms. The molecule has 4 aromatic rings. The van der Waals surface area contributed by atoms with E-state index in [0.29, 0.717) is 11.1 Å². The highest BCUT2D eigenvalue weighted by molar-refractivity contribution is 6.18. The van der Waals surface area contributed by atoms with Crippen molar-refractivity contribution in [1.82, 2.24) is 4.98 Å². The fourth-order valence-corrected chi connectivity index (χ4v) is 4.29. The molecule has 6 heteroatoms. The van der Waals surface area contributed by atoms with Crippen LogP contribution >= 0.6 is 0 Å². The number of aromatic nitrogens is 1. The first-order valence-electron chi connectivity index (χ1n) is 10.1. The van der Waals surface area contributed by atoms with E-state index < -0.39 is 11.6 Å². The standard InChI is InChI=1S/C25H19F2N3O/c26-17-12-16(13-18(27)14-17)25(30-31)21-6-3-7-22-20(21)9-11-24(28-22)29-23-10-8-15-4-1-2-5-19(15)23/h1-7,9,11-14,23,31H,8,10H2,(H,28,29)/b30-25+/t23-/m1/s1. The number of oxime groups is 1. The highest BCUT2D eigenvalue weighted by atomic mass is 19.1. The van der Waals surface area contributed by atoms with Gasteiger partial charge in [0.05, 0.1) is 11.6 Å². The minimum atomic E-state index is -0.738. The highest BCUT2D eigenvalue weighted by Gasteiger charge is 2.22. The zero-order valence-corrected chi connectivity index (χ0v) is 16.5. The van der Waals surface area contributed by atoms with E-state index in [9.17, 15) is 14.0 Å². The maximum Gasteiger partial charge on any atom is 0.127 e. The number of rotatable bonds is 4. The fourth-order valence-electron chi connectivity index (χ4n) is 4.29. The Morgan fingerprint density at radius 2 is 1.77 bits per heavy atom. The van der Waals surface area contributed by atoms with Crippen LogP contribution in [0.1, 0.15) is 34.7 Å². The molecule has 1 aliphatic carbocycles. The topological polar surface area (TPSA) is 57.5 Å². The molecule has 5 rings (SSSR count). The first-order chi connectivity index (χ1) is 15.1. The smallest absolute Gasteiger partial charge is 0.127 e. The maximum absolute atomic E-state index is 13.7. The van der Waals surface area contributed by atoms with Gasteiger partial charge in [0.15, 0.2) is 0 Å². The van der Waals surface area contributed by atoms with Gasteiger partial charge in [-0.05, 0) is 54.3 Å². The third kappa shape index (κ3) is 3.61. The Morgan fingerprint density at radius 3 is 2.58 bits per heavy atom. The summed E-state index contributed by atoms with van der Waals surface area (Å²) in [6, 6.07) is 20.8. The summed E-state index contributed by atoms with van der Waals surface area (Å²) in [4.78, 5) is 4.72. The van der Waals surface area contributed by atoms with Gasteiger partial charge in [0, 0.05) is 22.6 Å². The van der Waals surface area contributed by atoms with Crippen molar-refractivity contribution in [3.8, 4) is 0 Å². The van der Waals surface area contributed by atoms with Crippen molar-refractivity contribution in [2.75, 3.05) is 5.32 Å². The number of aryl methyl sites for hydroxylation is 1. The first kappa shape index (κ1) is 19.2. The van der Waals surface area contributed by atoms with Gasteiger partial charge in [0.2, 0.25) is 0 Å². The Hall–Kier alpha value is -3.80. The van der Waals surface area contributed by atoms with Gasteiger partial charge in [0.25, 0.3) is 0 Å². The van der Waals surface area contributed by atoms with Gasteiger partial charge in [-0.1, -0.05) is 41.6 Å². The predicted molar refractivity (Wildman–Crippen MR) is 117 cm³/mol. The molecule has 0 bridgehead atoms. The lowest BCUT2D eigenvalue weighted by Gasteiger charge is -2.16. The summed E-state index contributed by atoms with van der Waals surface area (Å²) in [6.45, 7) is 0. The van der Waals surface area contributed by atoms with Gasteiger partial charge in [-0.15, -0.1) is 0 Å². The third-order valence-corrected chi connectivity index (χ3v) is 5.68. The van der Waals surface area contributed by atoms with Gasteiger partial charge in [-0.25, -0.2) is 13.8 Å². The van der Waals surface area contributed by atoms with Gasteiger partial charge in [0.1, 0.15) is 23.2 Å². The monoisotopic (exact) mass is 415 g/mol. The maximum atomic E-state index is 13.7. The third-order valence-electron chi connectivity index (χ3n) is 5.68. The van der Waals surface area contributed by atoms with Crippen molar-refractivity contribution in [1.29, 1.82) is 0 Å². The number of halogens is 2. The van der Waals surface area contributed by atoms with Crippen LogP contribution in [-0.4, -0.2) is 15.9 Å². The van der Waals surface area contributed by atoms with Crippen LogP contribution in [-0.2, 0) is 6.42 Å². The number of hydrogen-bond acceptors (Lipinski definition) is 4. The number of fused-ring (bicyclic) bond motifs is 2. The predicted octanol–water partition coefficient (Wildman–Crippen LogP) is 5.84. The number of anilines is 1. The number of nitrogens with zero attached hydrogens (tertiary/aromatic N) is 2. The van der Waals surface area contributed by atoms with E-state index in [1.54, 1.807) is 12.1 Å². The van der Waals surface area contributed by atoms with Crippen molar-refractivity contribution >= 4 is 22.4 Å². The summed E-state index contributed by atoms with van der Waals surface area (Å²) >= 11 is 0. The summed E-state index contributed by atoms with van der Waals surface area (Å²) in [7, 11) is 0. The second kappa shape index (κ2) is 7.80. The minimum absolute atomic E-state index is 0.0798. The lowest BCUT2D eigenvalue weighted by Crippen LogP contribution is -2.09. The van der Waals surface area contributed by atoms with E-state index in [0.717, 1.165) is 42.2 Å². The molecule has 1 aliphatic rings. The Labute approximate surface area is 177 Å². The summed E-state index contributed by atoms with van der Waals surface area (Å²) in [5, 5.41) is 17.2. The molecule has 3 aromatic carbocycles. The molecule has 0 aliphatic heterocycles. The van der Waals surface area contributed by atoms with Gasteiger partial charge in [-0.3, -0.25) is 0 Å². The molecule has 0 spiro atoms. The number of nitrogens with one attached hydrogen (secondary N) is 1. The molecule has 1 heterocycles. The van der Waals surface area contributed by atoms with Crippen LogP contribution in [0.5, 0.6) is 0 Å². The lowest BCUT2D eigenvalue weighted by atomic mass is 9.98. The molecule has 1 atom stereocenters. The second-order valence-corrected chi connectivity index (χ2v) is 7.61. The van der Waals surface area contributed by atoms with E-state index in [-0.39, 0.29) is 17.3 Å². The van der Waals surface area contributed by atoms with Crippen molar-refractivity contribution in [3.63, 3.8) is 0 Å². The Balaban J connectivity index is 1.51. The van der Waals surface area contributed by atoms with Crippen LogP contribution in [0.2, 0.25) is 0 Å². The van der Waals surface area contributed by atoms with Crippen LogP contribution in [0.25, 0.3) is 10.9 Å². The van der Waals surface area contributed by atoms with Crippen LogP contribution in [0, 0.1) is 11.6 Å². The van der Waals surface area contributed by atoms with Crippen LogP contribution in [0.4, 0.5) is 14.6 Å². The van der Waals surface area contributed by atoms with Crippen LogP contribution in [0.3, 0.4) is 0 Å². The normalized spacial score (nSPS) is 15.8. The molecule has 0 saturated heterocycles. The number of pyridine rings is 1. The van der Waals surface area contributed by atoms with E-state index in [1.165, 1.54) is 11.1 Å². The average Bonchev–Trinajstić information content (AvgIpc) is 3.16. The summed E-state index contributed by atoms with van der Waals surface area (Å²) < 4.78 is 27.4. The van der Waals surface area contributed by atoms with E-state index in [2.05, 4.69) is 28.7 Å². The quantitative estimate of drug-likeness (QED) is 0.250. The number of hydrogen-bond donors (Lipinski definition) is 2. The number of benzene rings is 3. The minimum Gasteiger partial charge on any atom is -0.410 e.